The van der Waals surface area contributed by atoms with Gasteiger partial charge in [-0.05, 0) is 36.4 Å². The van der Waals surface area contributed by atoms with Crippen LogP contribution in [0.3, 0.4) is 0 Å². The second kappa shape index (κ2) is 8.47. The van der Waals surface area contributed by atoms with Crippen LogP contribution in [0.5, 0.6) is 5.75 Å². The molecule has 0 aliphatic carbocycles. The minimum absolute atomic E-state index is 0.533. The molecule has 0 radical (unpaired) electrons. The Morgan fingerprint density at radius 1 is 1.00 bits per heavy atom. The van der Waals surface area contributed by atoms with Crippen molar-refractivity contribution in [2.24, 2.45) is 0 Å². The van der Waals surface area contributed by atoms with E-state index in [4.69, 9.17) is 19.8 Å². The van der Waals surface area contributed by atoms with Crippen molar-refractivity contribution in [3.63, 3.8) is 0 Å². The Labute approximate surface area is 126 Å². The van der Waals surface area contributed by atoms with Gasteiger partial charge in [0, 0.05) is 23.5 Å². The molecule has 0 bridgehead atoms. The van der Waals surface area contributed by atoms with Crippen LogP contribution in [0, 0.1) is 5.39 Å². The Kier molecular flexibility index (Phi) is 6.88. The van der Waals surface area contributed by atoms with Gasteiger partial charge in [-0.1, -0.05) is 0 Å². The maximum atomic E-state index is 8.57. The third-order valence-corrected chi connectivity index (χ3v) is 2.36. The van der Waals surface area contributed by atoms with Gasteiger partial charge in [-0.15, -0.1) is 0 Å². The predicted octanol–water partition coefficient (Wildman–Crippen LogP) is 4.61. The van der Waals surface area contributed by atoms with E-state index in [0.29, 0.717) is 5.69 Å². The SMILES string of the molecule is COc1ccc(Nc2ccc([N+]#N)cc2)cc1.[Cl][Zn-]. The van der Waals surface area contributed by atoms with E-state index in [0.717, 1.165) is 34.4 Å². The van der Waals surface area contributed by atoms with Gasteiger partial charge in [0.1, 0.15) is 5.75 Å². The van der Waals surface area contributed by atoms with Gasteiger partial charge in [0.05, 0.1) is 7.11 Å². The fraction of sp³-hybridized carbons (Fsp3) is 0.0769. The number of hydrogen-bond acceptors (Lipinski definition) is 3. The number of diazo groups is 1. The number of benzene rings is 2. The Bertz CT molecular complexity index is 537. The molecule has 0 aliphatic heterocycles. The maximum absolute atomic E-state index is 8.57. The molecule has 0 spiro atoms. The summed E-state index contributed by atoms with van der Waals surface area (Å²) in [5.74, 6) is 0.824. The monoisotopic (exact) mass is 325 g/mol. The van der Waals surface area contributed by atoms with Crippen molar-refractivity contribution in [2.45, 2.75) is 0 Å². The summed E-state index contributed by atoms with van der Waals surface area (Å²) in [6.07, 6.45) is 0. The third kappa shape index (κ3) is 4.86. The van der Waals surface area contributed by atoms with Crippen LogP contribution in [0.25, 0.3) is 4.98 Å². The summed E-state index contributed by atoms with van der Waals surface area (Å²) in [5, 5.41) is 11.8. The van der Waals surface area contributed by atoms with E-state index >= 15 is 0 Å². The van der Waals surface area contributed by atoms with Crippen LogP contribution in [0.15, 0.2) is 48.5 Å². The number of nitrogens with one attached hydrogen (secondary N) is 1. The van der Waals surface area contributed by atoms with Crippen molar-refractivity contribution in [1.82, 2.24) is 0 Å². The molecule has 2 rings (SSSR count). The Morgan fingerprint density at radius 2 is 1.47 bits per heavy atom. The molecule has 0 heterocycles. The van der Waals surface area contributed by atoms with Crippen LogP contribution < -0.4 is 10.1 Å². The zero-order chi connectivity index (χ0) is 14.1. The van der Waals surface area contributed by atoms with Crippen molar-refractivity contribution < 1.29 is 22.0 Å². The molecule has 0 fully saturated rings. The van der Waals surface area contributed by atoms with Crippen LogP contribution in [0.2, 0.25) is 0 Å². The van der Waals surface area contributed by atoms with E-state index in [-0.39, 0.29) is 0 Å². The van der Waals surface area contributed by atoms with Gasteiger partial charge in [-0.2, -0.15) is 0 Å². The molecule has 0 aromatic heterocycles. The predicted molar refractivity (Wildman–Crippen MR) is 73.3 cm³/mol. The molecule has 0 saturated carbocycles. The van der Waals surface area contributed by atoms with Crippen LogP contribution in [0.1, 0.15) is 0 Å². The zero-order valence-electron chi connectivity index (χ0n) is 10.5. The molecule has 2 aromatic carbocycles. The summed E-state index contributed by atoms with van der Waals surface area (Å²) < 4.78 is 5.08. The van der Waals surface area contributed by atoms with Crippen LogP contribution >= 0.6 is 9.69 Å². The van der Waals surface area contributed by atoms with Gasteiger partial charge in [0.25, 0.3) is 0 Å². The van der Waals surface area contributed by atoms with E-state index < -0.39 is 0 Å². The molecule has 4 nitrogen and oxygen atoms in total. The molecule has 0 atom stereocenters. The van der Waals surface area contributed by atoms with E-state index in [9.17, 15) is 0 Å². The van der Waals surface area contributed by atoms with Crippen LogP contribution in [-0.2, 0) is 17.3 Å². The average molecular weight is 327 g/mol. The number of hydrogen-bond donors (Lipinski definition) is 1. The number of halogens is 1. The molecule has 0 unspecified atom stereocenters. The van der Waals surface area contributed by atoms with Gasteiger partial charge in [0.15, 0.2) is 4.98 Å². The standard InChI is InChI=1S/C13H12N3O.ClH.Zn/c1-17-13-8-6-11(7-9-13)15-10-2-4-12(16-14)5-3-10;;/h2-9,15H,1H3;1H;/q+1;;/p-1. The first kappa shape index (κ1) is 15.4. The number of ether oxygens (including phenoxy) is 1. The van der Waals surface area contributed by atoms with E-state index in [1.807, 2.05) is 36.4 Å². The first-order valence-corrected chi connectivity index (χ1v) is 9.34. The average Bonchev–Trinajstić information content (AvgIpc) is 2.51. The summed E-state index contributed by atoms with van der Waals surface area (Å²) in [4.78, 5) is 3.10. The van der Waals surface area contributed by atoms with Gasteiger partial charge in [0.2, 0.25) is 5.39 Å². The summed E-state index contributed by atoms with van der Waals surface area (Å²) >= 11 is 0.847. The zero-order valence-corrected chi connectivity index (χ0v) is 14.2. The topological polar surface area (TPSA) is 49.4 Å². The molecule has 1 N–H and O–H groups in total. The molecule has 6 heteroatoms. The quantitative estimate of drug-likeness (QED) is 0.661. The molecule has 2 aromatic rings. The number of rotatable bonds is 3. The van der Waals surface area contributed by atoms with Gasteiger partial charge < -0.3 is 10.1 Å². The van der Waals surface area contributed by atoms with Gasteiger partial charge in [-0.25, -0.2) is 0 Å². The van der Waals surface area contributed by atoms with Crippen molar-refractivity contribution in [2.75, 3.05) is 12.4 Å². The Balaban J connectivity index is 0.000000861. The normalized spacial score (nSPS) is 8.63. The van der Waals surface area contributed by atoms with Crippen LogP contribution in [-0.4, -0.2) is 7.11 Å². The Morgan fingerprint density at radius 3 is 1.89 bits per heavy atom. The van der Waals surface area contributed by atoms with Crippen LogP contribution in [0.4, 0.5) is 17.1 Å². The second-order valence-electron chi connectivity index (χ2n) is 3.50. The first-order chi connectivity index (χ1) is 9.31. The summed E-state index contributed by atoms with van der Waals surface area (Å²) in [7, 11) is 6.40. The van der Waals surface area contributed by atoms with Gasteiger partial charge >= 0.3 is 32.7 Å². The van der Waals surface area contributed by atoms with E-state index in [1.54, 1.807) is 19.2 Å². The molecule has 0 saturated heterocycles. The molecule has 0 aliphatic rings. The number of methoxy groups -OCH3 is 1. The molecular formula is C13H12ClN3OZn. The van der Waals surface area contributed by atoms with Crippen molar-refractivity contribution in [3.05, 3.63) is 53.5 Å². The Hall–Kier alpha value is -1.63. The number of nitrogens with zero attached hydrogens (tertiary/aromatic N) is 2. The number of anilines is 2. The summed E-state index contributed by atoms with van der Waals surface area (Å²) in [6.45, 7) is 0. The van der Waals surface area contributed by atoms with Crippen molar-refractivity contribution in [3.8, 4) is 5.75 Å². The first-order valence-electron chi connectivity index (χ1n) is 5.45. The molecule has 19 heavy (non-hydrogen) atoms. The van der Waals surface area contributed by atoms with Gasteiger partial charge in [-0.3, -0.25) is 0 Å². The summed E-state index contributed by atoms with van der Waals surface area (Å²) in [6, 6.07) is 14.8. The van der Waals surface area contributed by atoms with E-state index in [2.05, 4.69) is 10.3 Å². The minimum atomic E-state index is 0.533. The summed E-state index contributed by atoms with van der Waals surface area (Å²) in [5.41, 5.74) is 2.44. The van der Waals surface area contributed by atoms with E-state index in [1.165, 1.54) is 0 Å². The third-order valence-electron chi connectivity index (χ3n) is 2.36. The second-order valence-corrected chi connectivity index (χ2v) is 3.50. The fourth-order valence-electron chi connectivity index (χ4n) is 1.45. The molecular weight excluding hydrogens is 315 g/mol. The fourth-order valence-corrected chi connectivity index (χ4v) is 1.45. The molecule has 94 valence electrons. The van der Waals surface area contributed by atoms with Crippen molar-refractivity contribution >= 4 is 26.8 Å². The molecule has 0 amide bonds. The van der Waals surface area contributed by atoms with Crippen molar-refractivity contribution in [1.29, 1.82) is 5.39 Å².